The normalized spacial score (nSPS) is 17.6. The van der Waals surface area contributed by atoms with E-state index in [4.69, 9.17) is 4.74 Å². The maximum atomic E-state index is 13.3. The second-order valence-electron chi connectivity index (χ2n) is 7.56. The summed E-state index contributed by atoms with van der Waals surface area (Å²) < 4.78 is 5.22. The fourth-order valence-electron chi connectivity index (χ4n) is 3.51. The summed E-state index contributed by atoms with van der Waals surface area (Å²) >= 11 is 1.29. The van der Waals surface area contributed by atoms with Crippen LogP contribution in [0.1, 0.15) is 22.1 Å². The van der Waals surface area contributed by atoms with E-state index in [0.717, 1.165) is 11.1 Å². The van der Waals surface area contributed by atoms with E-state index in [-0.39, 0.29) is 23.9 Å². The summed E-state index contributed by atoms with van der Waals surface area (Å²) in [4.78, 5) is 26.5. The third-order valence-electron chi connectivity index (χ3n) is 5.19. The highest BCUT2D eigenvalue weighted by molar-refractivity contribution is 8.04. The van der Waals surface area contributed by atoms with E-state index in [9.17, 15) is 20.0 Å². The third kappa shape index (κ3) is 5.46. The van der Waals surface area contributed by atoms with E-state index in [1.165, 1.54) is 28.9 Å². The molecule has 0 aliphatic carbocycles. The van der Waals surface area contributed by atoms with Crippen molar-refractivity contribution in [3.05, 3.63) is 106 Å². The zero-order valence-electron chi connectivity index (χ0n) is 18.3. The Bertz CT molecular complexity index is 1200. The van der Waals surface area contributed by atoms with Crippen LogP contribution in [0.5, 0.6) is 5.75 Å². The van der Waals surface area contributed by atoms with Crippen LogP contribution in [-0.4, -0.2) is 29.1 Å². The van der Waals surface area contributed by atoms with Crippen LogP contribution in [0.2, 0.25) is 0 Å². The van der Waals surface area contributed by atoms with E-state index in [0.29, 0.717) is 16.2 Å². The van der Waals surface area contributed by atoms with Gasteiger partial charge in [-0.1, -0.05) is 66.4 Å². The van der Waals surface area contributed by atoms with Gasteiger partial charge in [-0.05, 0) is 34.9 Å². The number of hydrogen-bond acceptors (Lipinski definition) is 6. The van der Waals surface area contributed by atoms with Crippen LogP contribution in [0, 0.1) is 5.21 Å². The highest BCUT2D eigenvalue weighted by Crippen LogP contribution is 2.45. The number of thioether (sulfide) groups is 1. The molecular formula is C25H23N3O5S. The number of hydrazine groups is 1. The highest BCUT2D eigenvalue weighted by Gasteiger charge is 2.38. The number of rotatable bonds is 7. The molecule has 2 atom stereocenters. The predicted molar refractivity (Wildman–Crippen MR) is 129 cm³/mol. The van der Waals surface area contributed by atoms with Crippen LogP contribution in [-0.2, 0) is 16.0 Å². The van der Waals surface area contributed by atoms with Gasteiger partial charge in [0.1, 0.15) is 11.1 Å². The molecular weight excluding hydrogens is 454 g/mol. The van der Waals surface area contributed by atoms with Crippen molar-refractivity contribution in [3.63, 3.8) is 0 Å². The van der Waals surface area contributed by atoms with E-state index < -0.39 is 10.6 Å². The van der Waals surface area contributed by atoms with Crippen molar-refractivity contribution in [1.82, 2.24) is 10.4 Å². The van der Waals surface area contributed by atoms with Crippen molar-refractivity contribution in [2.75, 3.05) is 7.11 Å². The number of quaternary nitrogens is 1. The predicted octanol–water partition coefficient (Wildman–Crippen LogP) is 2.99. The van der Waals surface area contributed by atoms with Gasteiger partial charge in [-0.15, -0.1) is 0 Å². The third-order valence-corrected chi connectivity index (χ3v) is 6.44. The fourth-order valence-corrected chi connectivity index (χ4v) is 4.70. The molecule has 0 radical (unpaired) electrons. The Hall–Kier alpha value is -3.63. The highest BCUT2D eigenvalue weighted by atomic mass is 32.2. The number of amides is 2. The lowest BCUT2D eigenvalue weighted by Crippen LogP contribution is -2.99. The number of methoxy groups -OCH3 is 1. The van der Waals surface area contributed by atoms with Crippen LogP contribution in [0.15, 0.2) is 83.8 Å². The minimum atomic E-state index is -1.04. The molecule has 3 N–H and O–H groups in total. The van der Waals surface area contributed by atoms with E-state index >= 15 is 0 Å². The van der Waals surface area contributed by atoms with Crippen LogP contribution in [0.25, 0.3) is 6.08 Å². The lowest BCUT2D eigenvalue weighted by atomic mass is 10.1. The smallest absolute Gasteiger partial charge is 0.280 e. The van der Waals surface area contributed by atoms with Crippen LogP contribution in [0.4, 0.5) is 5.69 Å². The second kappa shape index (κ2) is 10.5. The van der Waals surface area contributed by atoms with Gasteiger partial charge in [0.2, 0.25) is 5.91 Å². The van der Waals surface area contributed by atoms with Gasteiger partial charge < -0.3 is 9.94 Å². The molecule has 0 aromatic heterocycles. The summed E-state index contributed by atoms with van der Waals surface area (Å²) in [5.41, 5.74) is 5.11. The molecule has 2 amide bonds. The zero-order chi connectivity index (χ0) is 24.1. The van der Waals surface area contributed by atoms with E-state index in [1.54, 1.807) is 37.5 Å². The van der Waals surface area contributed by atoms with Gasteiger partial charge in [0.25, 0.3) is 5.91 Å². The largest absolute Gasteiger partial charge is 0.595 e. The minimum Gasteiger partial charge on any atom is -0.595 e. The Kier molecular flexibility index (Phi) is 7.29. The number of nitrogens with zero attached hydrogens (tertiary/aromatic N) is 1. The monoisotopic (exact) mass is 477 g/mol. The Morgan fingerprint density at radius 2 is 1.88 bits per heavy atom. The number of benzene rings is 3. The first kappa shape index (κ1) is 23.5. The first-order chi connectivity index (χ1) is 16.4. The molecule has 0 bridgehead atoms. The molecule has 1 aliphatic rings. The maximum Gasteiger partial charge on any atom is 0.280 e. The molecule has 1 saturated heterocycles. The Morgan fingerprint density at radius 1 is 1.15 bits per heavy atom. The molecule has 34 heavy (non-hydrogen) atoms. The number of carbonyl (C=O) groups excluding carboxylic acids is 2. The number of nitrogens with one attached hydrogen (secondary N) is 2. The summed E-state index contributed by atoms with van der Waals surface area (Å²) in [6.45, 7) is 0. The minimum absolute atomic E-state index is 0.129. The summed E-state index contributed by atoms with van der Waals surface area (Å²) in [6.07, 6.45) is 1.77. The Morgan fingerprint density at radius 3 is 2.56 bits per heavy atom. The molecule has 9 heteroatoms. The van der Waals surface area contributed by atoms with Crippen molar-refractivity contribution >= 4 is 35.3 Å². The molecule has 3 aromatic carbocycles. The zero-order valence-corrected chi connectivity index (χ0v) is 19.1. The summed E-state index contributed by atoms with van der Waals surface area (Å²) in [5, 5.41) is 20.4. The number of carbonyl (C=O) groups is 2. The number of ether oxygens (including phenoxy) is 1. The van der Waals surface area contributed by atoms with Crippen molar-refractivity contribution < 1.29 is 24.8 Å². The molecule has 0 saturated carbocycles. The van der Waals surface area contributed by atoms with Crippen molar-refractivity contribution in [2.24, 2.45) is 0 Å². The maximum absolute atomic E-state index is 13.3. The second-order valence-corrected chi connectivity index (χ2v) is 8.68. The average molecular weight is 478 g/mol. The van der Waals surface area contributed by atoms with Gasteiger partial charge in [-0.2, -0.15) is 5.23 Å². The molecule has 2 unspecified atom stereocenters. The van der Waals surface area contributed by atoms with Gasteiger partial charge in [-0.25, -0.2) is 10.2 Å². The Balaban J connectivity index is 1.62. The quantitative estimate of drug-likeness (QED) is 0.357. The molecule has 174 valence electrons. The topological polar surface area (TPSA) is 106 Å². The van der Waals surface area contributed by atoms with Gasteiger partial charge in [-0.3, -0.25) is 15.0 Å². The SMILES string of the molecule is COc1ccc(C2S/C(=C\c3cccc([NH+]([O-])O)c3)C(=O)N2NC(=O)Cc2ccccc2)cc1. The molecule has 1 aliphatic heterocycles. The van der Waals surface area contributed by atoms with E-state index in [2.05, 4.69) is 5.43 Å². The number of hydrogen-bond donors (Lipinski definition) is 3. The lowest BCUT2D eigenvalue weighted by molar-refractivity contribution is -0.991. The van der Waals surface area contributed by atoms with Gasteiger partial charge in [0.15, 0.2) is 5.69 Å². The standard InChI is InChI=1S/C25H23N3O5S/c1-33-21-12-10-19(11-13-21)25-27(26-23(29)16-17-6-3-2-4-7-17)24(30)22(34-25)15-18-8-5-9-20(14-18)28(31)32/h2-15,25,28,31H,16H2,1H3,(H,26,29)/b22-15-. The van der Waals surface area contributed by atoms with Gasteiger partial charge in [0, 0.05) is 12.1 Å². The molecule has 8 nitrogen and oxygen atoms in total. The van der Waals surface area contributed by atoms with Crippen molar-refractivity contribution in [3.8, 4) is 5.75 Å². The van der Waals surface area contributed by atoms with Gasteiger partial charge >= 0.3 is 0 Å². The average Bonchev–Trinajstić information content (AvgIpc) is 3.14. The molecule has 3 aromatic rings. The van der Waals surface area contributed by atoms with Gasteiger partial charge in [0.05, 0.1) is 18.4 Å². The molecule has 0 spiro atoms. The Labute approximate surface area is 201 Å². The summed E-state index contributed by atoms with van der Waals surface area (Å²) in [6, 6.07) is 22.9. The fraction of sp³-hybridized carbons (Fsp3) is 0.120. The first-order valence-corrected chi connectivity index (χ1v) is 11.3. The van der Waals surface area contributed by atoms with Crippen LogP contribution in [0.3, 0.4) is 0 Å². The van der Waals surface area contributed by atoms with Crippen molar-refractivity contribution in [1.29, 1.82) is 0 Å². The first-order valence-electron chi connectivity index (χ1n) is 10.5. The van der Waals surface area contributed by atoms with E-state index in [1.807, 2.05) is 42.5 Å². The molecule has 4 rings (SSSR count). The van der Waals surface area contributed by atoms with Crippen LogP contribution >= 0.6 is 11.8 Å². The summed E-state index contributed by atoms with van der Waals surface area (Å²) in [5.74, 6) is -0.000248. The summed E-state index contributed by atoms with van der Waals surface area (Å²) in [7, 11) is 1.57. The molecule has 1 heterocycles. The van der Waals surface area contributed by atoms with Crippen molar-refractivity contribution in [2.45, 2.75) is 11.8 Å². The lowest BCUT2D eigenvalue weighted by Gasteiger charge is -2.24. The molecule has 1 fully saturated rings. The van der Waals surface area contributed by atoms with Crippen LogP contribution < -0.4 is 15.4 Å².